The number of carbonyl (C=O) groups excluding carboxylic acids is 2. The molecule has 1 heterocycles. The summed E-state index contributed by atoms with van der Waals surface area (Å²) in [6.45, 7) is 2.51. The van der Waals surface area contributed by atoms with E-state index in [4.69, 9.17) is 4.74 Å². The second-order valence-corrected chi connectivity index (χ2v) is 7.99. The molecule has 0 unspecified atom stereocenters. The maximum absolute atomic E-state index is 12.5. The lowest BCUT2D eigenvalue weighted by Gasteiger charge is -2.09. The van der Waals surface area contributed by atoms with Crippen LogP contribution in [0.5, 0.6) is 5.75 Å². The highest BCUT2D eigenvalue weighted by Gasteiger charge is 2.10. The van der Waals surface area contributed by atoms with Crippen LogP contribution >= 0.6 is 11.8 Å². The third-order valence-corrected chi connectivity index (χ3v) is 5.71. The second kappa shape index (κ2) is 10.6. The first-order valence-corrected chi connectivity index (χ1v) is 11.4. The monoisotopic (exact) mass is 458 g/mol. The largest absolute Gasteiger partial charge is 0.494 e. The third-order valence-electron chi connectivity index (χ3n) is 4.70. The number of thioether (sulfide) groups is 1. The summed E-state index contributed by atoms with van der Waals surface area (Å²) in [6.07, 6.45) is 1.50. The minimum absolute atomic E-state index is 0.158. The highest BCUT2D eigenvalue weighted by atomic mass is 32.2. The van der Waals surface area contributed by atoms with Gasteiger partial charge in [0, 0.05) is 22.3 Å². The molecule has 1 aromatic heterocycles. The number of nitrogens with zero attached hydrogens (tertiary/aromatic N) is 2. The van der Waals surface area contributed by atoms with Gasteiger partial charge in [-0.25, -0.2) is 9.97 Å². The van der Waals surface area contributed by atoms with Crippen LogP contribution in [0.3, 0.4) is 0 Å². The minimum atomic E-state index is -0.233. The van der Waals surface area contributed by atoms with Crippen molar-refractivity contribution in [2.24, 2.45) is 0 Å². The number of fused-ring (bicyclic) bond motifs is 1. The first kappa shape index (κ1) is 22.3. The SMILES string of the molecule is CCOc1ccc(NC(=O)c2ccc(NC(=O)CSc3ncnc4ccccc34)cc2)cc1. The third kappa shape index (κ3) is 5.87. The van der Waals surface area contributed by atoms with Crippen molar-refractivity contribution in [1.29, 1.82) is 0 Å². The molecule has 0 atom stereocenters. The maximum atomic E-state index is 12.5. The molecule has 8 heteroatoms. The number of hydrogen-bond donors (Lipinski definition) is 2. The van der Waals surface area contributed by atoms with Crippen LogP contribution in [0.15, 0.2) is 84.1 Å². The Morgan fingerprint density at radius 2 is 1.58 bits per heavy atom. The smallest absolute Gasteiger partial charge is 0.255 e. The first-order chi connectivity index (χ1) is 16.1. The molecule has 2 N–H and O–H groups in total. The zero-order valence-electron chi connectivity index (χ0n) is 17.9. The molecule has 0 aliphatic heterocycles. The predicted octanol–water partition coefficient (Wildman–Crippen LogP) is 5.01. The molecule has 0 saturated heterocycles. The van der Waals surface area contributed by atoms with Crippen molar-refractivity contribution in [1.82, 2.24) is 9.97 Å². The van der Waals surface area contributed by atoms with Crippen molar-refractivity contribution in [2.75, 3.05) is 23.0 Å². The summed E-state index contributed by atoms with van der Waals surface area (Å²) in [5.41, 5.74) is 2.62. The lowest BCUT2D eigenvalue weighted by molar-refractivity contribution is -0.113. The fourth-order valence-electron chi connectivity index (χ4n) is 3.14. The van der Waals surface area contributed by atoms with Gasteiger partial charge in [0.05, 0.1) is 17.9 Å². The molecule has 0 aliphatic carbocycles. The van der Waals surface area contributed by atoms with Gasteiger partial charge in [-0.15, -0.1) is 0 Å². The van der Waals surface area contributed by atoms with Crippen molar-refractivity contribution >= 4 is 45.9 Å². The standard InChI is InChI=1S/C25H22N4O3S/c1-2-32-20-13-11-19(12-14-20)29-24(31)17-7-9-18(10-8-17)28-23(30)15-33-25-21-5-3-4-6-22(21)26-16-27-25/h3-14,16H,2,15H2,1H3,(H,28,30)(H,29,31). The van der Waals surface area contributed by atoms with Crippen molar-refractivity contribution in [3.8, 4) is 5.75 Å². The summed E-state index contributed by atoms with van der Waals surface area (Å²) in [4.78, 5) is 33.4. The zero-order chi connectivity index (χ0) is 23.0. The van der Waals surface area contributed by atoms with Gasteiger partial charge in [-0.05, 0) is 61.5 Å². The second-order valence-electron chi connectivity index (χ2n) is 7.02. The molecule has 0 aliphatic rings. The van der Waals surface area contributed by atoms with Crippen LogP contribution in [0.25, 0.3) is 10.9 Å². The summed E-state index contributed by atoms with van der Waals surface area (Å²) in [5.74, 6) is 0.570. The van der Waals surface area contributed by atoms with E-state index in [-0.39, 0.29) is 17.6 Å². The Bertz CT molecular complexity index is 1260. The van der Waals surface area contributed by atoms with E-state index in [0.717, 1.165) is 21.7 Å². The average molecular weight is 459 g/mol. The van der Waals surface area contributed by atoms with Crippen LogP contribution < -0.4 is 15.4 Å². The zero-order valence-corrected chi connectivity index (χ0v) is 18.8. The number of amides is 2. The molecule has 0 spiro atoms. The molecule has 7 nitrogen and oxygen atoms in total. The molecule has 33 heavy (non-hydrogen) atoms. The Morgan fingerprint density at radius 1 is 0.879 bits per heavy atom. The summed E-state index contributed by atoms with van der Waals surface area (Å²) < 4.78 is 5.40. The van der Waals surface area contributed by atoms with Gasteiger partial charge in [0.15, 0.2) is 0 Å². The van der Waals surface area contributed by atoms with E-state index in [1.807, 2.05) is 31.2 Å². The van der Waals surface area contributed by atoms with Crippen LogP contribution in [-0.2, 0) is 4.79 Å². The van der Waals surface area contributed by atoms with E-state index in [1.54, 1.807) is 48.5 Å². The number of anilines is 2. The van der Waals surface area contributed by atoms with E-state index in [1.165, 1.54) is 18.1 Å². The van der Waals surface area contributed by atoms with Gasteiger partial charge in [-0.3, -0.25) is 9.59 Å². The van der Waals surface area contributed by atoms with Crippen molar-refractivity contribution in [3.63, 3.8) is 0 Å². The molecule has 4 rings (SSSR count). The number of benzene rings is 3. The van der Waals surface area contributed by atoms with Crippen LogP contribution in [0.4, 0.5) is 11.4 Å². The van der Waals surface area contributed by atoms with Crippen LogP contribution in [-0.4, -0.2) is 34.1 Å². The fraction of sp³-hybridized carbons (Fsp3) is 0.120. The van der Waals surface area contributed by atoms with E-state index in [2.05, 4.69) is 20.6 Å². The van der Waals surface area contributed by atoms with E-state index in [0.29, 0.717) is 23.5 Å². The van der Waals surface area contributed by atoms with Crippen LogP contribution in [0.2, 0.25) is 0 Å². The van der Waals surface area contributed by atoms with Gasteiger partial charge in [0.2, 0.25) is 5.91 Å². The fourth-order valence-corrected chi connectivity index (χ4v) is 3.93. The number of para-hydroxylation sites is 1. The van der Waals surface area contributed by atoms with Crippen LogP contribution in [0, 0.1) is 0 Å². The maximum Gasteiger partial charge on any atom is 0.255 e. The van der Waals surface area contributed by atoms with Gasteiger partial charge in [0.25, 0.3) is 5.91 Å². The Labute approximate surface area is 195 Å². The Kier molecular flexibility index (Phi) is 7.16. The van der Waals surface area contributed by atoms with Crippen molar-refractivity contribution in [3.05, 3.63) is 84.7 Å². The van der Waals surface area contributed by atoms with Crippen molar-refractivity contribution < 1.29 is 14.3 Å². The molecule has 0 bridgehead atoms. The Hall–Kier alpha value is -3.91. The minimum Gasteiger partial charge on any atom is -0.494 e. The molecule has 0 radical (unpaired) electrons. The average Bonchev–Trinajstić information content (AvgIpc) is 2.84. The Morgan fingerprint density at radius 3 is 2.33 bits per heavy atom. The van der Waals surface area contributed by atoms with E-state index < -0.39 is 0 Å². The van der Waals surface area contributed by atoms with Gasteiger partial charge >= 0.3 is 0 Å². The number of ether oxygens (including phenoxy) is 1. The van der Waals surface area contributed by atoms with E-state index >= 15 is 0 Å². The Balaban J connectivity index is 1.31. The predicted molar refractivity (Wildman–Crippen MR) is 131 cm³/mol. The topological polar surface area (TPSA) is 93.2 Å². The molecule has 166 valence electrons. The highest BCUT2D eigenvalue weighted by Crippen LogP contribution is 2.24. The molecule has 3 aromatic carbocycles. The van der Waals surface area contributed by atoms with Crippen LogP contribution in [0.1, 0.15) is 17.3 Å². The molecule has 4 aromatic rings. The summed E-state index contributed by atoms with van der Waals surface area (Å²) in [5, 5.41) is 7.37. The van der Waals surface area contributed by atoms with Gasteiger partial charge in [-0.1, -0.05) is 30.0 Å². The first-order valence-electron chi connectivity index (χ1n) is 10.4. The normalized spacial score (nSPS) is 10.6. The summed E-state index contributed by atoms with van der Waals surface area (Å²) in [6, 6.07) is 21.6. The number of carbonyl (C=O) groups is 2. The number of rotatable bonds is 8. The lowest BCUT2D eigenvalue weighted by atomic mass is 10.2. The lowest BCUT2D eigenvalue weighted by Crippen LogP contribution is -2.15. The van der Waals surface area contributed by atoms with Gasteiger partial charge < -0.3 is 15.4 Å². The van der Waals surface area contributed by atoms with E-state index in [9.17, 15) is 9.59 Å². The number of aromatic nitrogens is 2. The number of hydrogen-bond acceptors (Lipinski definition) is 6. The molecule has 2 amide bonds. The van der Waals surface area contributed by atoms with Gasteiger partial charge in [0.1, 0.15) is 17.1 Å². The molecular weight excluding hydrogens is 436 g/mol. The molecule has 0 saturated carbocycles. The quantitative estimate of drug-likeness (QED) is 0.285. The highest BCUT2D eigenvalue weighted by molar-refractivity contribution is 8.00. The molecular formula is C25H22N4O3S. The van der Waals surface area contributed by atoms with Gasteiger partial charge in [-0.2, -0.15) is 0 Å². The molecule has 0 fully saturated rings. The summed E-state index contributed by atoms with van der Waals surface area (Å²) in [7, 11) is 0. The van der Waals surface area contributed by atoms with Crippen molar-refractivity contribution in [2.45, 2.75) is 11.9 Å². The number of nitrogens with one attached hydrogen (secondary N) is 2. The summed E-state index contributed by atoms with van der Waals surface area (Å²) >= 11 is 1.35.